The predicted molar refractivity (Wildman–Crippen MR) is 527 cm³/mol. The monoisotopic (exact) mass is 2160 g/mol. The van der Waals surface area contributed by atoms with Gasteiger partial charge in [-0.15, -0.1) is 0 Å². The van der Waals surface area contributed by atoms with E-state index < -0.39 is 201 Å². The molecule has 806 valence electrons. The molecular formula is C100H120ClF3N9O33P3. The minimum atomic E-state index is -4.57. The summed E-state index contributed by atoms with van der Waals surface area (Å²) in [5, 5.41) is 38.9. The highest BCUT2D eigenvalue weighted by Gasteiger charge is 2.72. The van der Waals surface area contributed by atoms with Crippen LogP contribution in [-0.4, -0.2) is 171 Å². The summed E-state index contributed by atoms with van der Waals surface area (Å²) in [6.45, 7) is 1.30. The molecule has 6 aliphatic rings. The number of aliphatic hydroxyl groups is 3. The van der Waals surface area contributed by atoms with Crippen molar-refractivity contribution >= 4 is 69.6 Å². The first kappa shape index (κ1) is 115. The van der Waals surface area contributed by atoms with Gasteiger partial charge in [0.1, 0.15) is 116 Å². The fourth-order valence-electron chi connectivity index (χ4n) is 17.2. The van der Waals surface area contributed by atoms with Gasteiger partial charge >= 0.3 is 75.4 Å². The maximum atomic E-state index is 17.1. The van der Waals surface area contributed by atoms with E-state index in [1.165, 1.54) is 65.3 Å². The van der Waals surface area contributed by atoms with E-state index in [1.54, 1.807) is 159 Å². The molecule has 15 rings (SSSR count). The Hall–Kier alpha value is -12.3. The predicted octanol–water partition coefficient (Wildman–Crippen LogP) is 13.5. The highest BCUT2D eigenvalue weighted by atomic mass is 35.7. The lowest BCUT2D eigenvalue weighted by atomic mass is 9.74. The molecule has 6 heterocycles. The number of ether oxygens (including phenoxy) is 10. The first-order valence-corrected chi connectivity index (χ1v) is 53.7. The Morgan fingerprint density at radius 2 is 0.779 bits per heavy atom. The summed E-state index contributed by atoms with van der Waals surface area (Å²) < 4.78 is 174. The normalized spacial score (nSPS) is 25.6. The quantitative estimate of drug-likeness (QED) is 0.00992. The van der Waals surface area contributed by atoms with Crippen LogP contribution in [0.4, 0.5) is 18.0 Å². The topological polar surface area (TPSA) is 553 Å². The summed E-state index contributed by atoms with van der Waals surface area (Å²) in [5.41, 5.74) is -9.88. The summed E-state index contributed by atoms with van der Waals surface area (Å²) >= 11 is 5.87. The molecule has 6 aromatic carbocycles. The number of hydrogen-bond donors (Lipinski definition) is 9. The van der Waals surface area contributed by atoms with Crippen molar-refractivity contribution in [3.8, 4) is 17.2 Å². The van der Waals surface area contributed by atoms with Crippen LogP contribution >= 0.6 is 33.6 Å². The highest BCUT2D eigenvalue weighted by molar-refractivity contribution is 7.84. The Labute approximate surface area is 857 Å². The van der Waals surface area contributed by atoms with E-state index in [-0.39, 0.29) is 49.6 Å². The highest BCUT2D eigenvalue weighted by Crippen LogP contribution is 2.59. The van der Waals surface area contributed by atoms with Crippen LogP contribution in [0.2, 0.25) is 0 Å². The number of rotatable bonds is 37. The summed E-state index contributed by atoms with van der Waals surface area (Å²) in [4.78, 5) is 156. The minimum Gasteiger partial charge on any atom is -0.461 e. The molecule has 9 N–H and O–H groups in total. The van der Waals surface area contributed by atoms with Crippen molar-refractivity contribution in [3.63, 3.8) is 0 Å². The summed E-state index contributed by atoms with van der Waals surface area (Å²) in [6.07, 6.45) is 7.49. The van der Waals surface area contributed by atoms with Crippen LogP contribution in [0.1, 0.15) is 180 Å². The second-order valence-electron chi connectivity index (χ2n) is 36.9. The van der Waals surface area contributed by atoms with Gasteiger partial charge in [0.2, 0.25) is 11.7 Å². The zero-order chi connectivity index (χ0) is 108. The van der Waals surface area contributed by atoms with Crippen LogP contribution in [0.15, 0.2) is 248 Å². The molecule has 18 atom stereocenters. The minimum absolute atomic E-state index is 0.0461. The number of carbonyl (C=O) groups is 6. The lowest BCUT2D eigenvalue weighted by molar-refractivity contribution is -0.204. The molecule has 149 heavy (non-hydrogen) atoms. The largest absolute Gasteiger partial charge is 0.509 e. The van der Waals surface area contributed by atoms with Crippen molar-refractivity contribution in [2.24, 2.45) is 17.3 Å². The lowest BCUT2D eigenvalue weighted by Crippen LogP contribution is -2.50. The fraction of sp³-hybridized carbons (Fsp3) is 0.460. The summed E-state index contributed by atoms with van der Waals surface area (Å²) in [6, 6.07) is 50.0. The molecule has 9 aromatic rings. The van der Waals surface area contributed by atoms with Crippen LogP contribution in [0.3, 0.4) is 0 Å². The Morgan fingerprint density at radius 1 is 0.450 bits per heavy atom. The number of para-hydroxylation sites is 3. The van der Waals surface area contributed by atoms with Gasteiger partial charge in [0.25, 0.3) is 22.5 Å². The van der Waals surface area contributed by atoms with Gasteiger partial charge in [-0.2, -0.15) is 10.2 Å². The number of carbonyl (C=O) groups excluding carboxylic acids is 6. The van der Waals surface area contributed by atoms with Crippen LogP contribution in [0.25, 0.3) is 0 Å². The van der Waals surface area contributed by atoms with Gasteiger partial charge in [-0.1, -0.05) is 172 Å². The number of H-pyrrole nitrogens is 3. The van der Waals surface area contributed by atoms with Crippen LogP contribution in [0, 0.1) is 17.3 Å². The second kappa shape index (κ2) is 51.5. The van der Waals surface area contributed by atoms with E-state index in [0.717, 1.165) is 117 Å². The van der Waals surface area contributed by atoms with Gasteiger partial charge in [-0.25, -0.2) is 51.1 Å². The molecule has 0 amide bonds. The van der Waals surface area contributed by atoms with Gasteiger partial charge in [-0.05, 0) is 172 Å². The van der Waals surface area contributed by atoms with Gasteiger partial charge in [0.15, 0.2) is 24.3 Å². The number of esters is 5. The number of hydrogen-bond acceptors (Lipinski definition) is 33. The Morgan fingerprint density at radius 3 is 1.16 bits per heavy atom. The molecular weight excluding hydrogens is 2040 g/mol. The summed E-state index contributed by atoms with van der Waals surface area (Å²) in [5.74, 6) is -16.2. The van der Waals surface area contributed by atoms with E-state index in [4.69, 9.17) is 81.2 Å². The number of aliphatic hydroxyl groups excluding tert-OH is 2. The molecule has 3 aromatic heterocycles. The van der Waals surface area contributed by atoms with Crippen molar-refractivity contribution in [2.45, 2.75) is 255 Å². The standard InChI is InChI=1S/C34H41FN3O11P.C26H25FN2O8.C25H33FN3O10P.C15H21ClNO4P/c1-23(29(40)46-26-15-9-5-10-16-26)37-50(43,49-27-17-11-6-12-18-27)45-22-34(35)24(2)33(3,30(47-34)38-20-19-28(39)36-31(38)41)48-32(42)44-21-25-13-7-4-8-14-25;1-25(23(33)36-15-18-10-6-3-7-11-18)20(21(32)35-14-17-8-4-2-5-9-17)26(27,16-30)37-22(25)29-13-12-19(31)28-24(29)34;1-16(20(31)37-17-9-5-3-6-10-17)28-40(35,39-18-11-7-4-8-12-18)36-15-25(26)21(32)24(2,34)22(38-25)29-14-13-19(30)27-23(29)33;1-12(15(18)20-13-8-4-2-5-9-13)17-22(16,19)21-14-10-6-3-7-11-14/h4,6-8,11-14,17-20,23-24,26,30H,5,9-10,15-16,21-22H2,1-3H3,(H,37,43)(H,36,39,41);2-13,20,22,30H,14-16H2,1H3,(H,28,31,34);4,7-8,11-14,16-17,21-22,32,34H,3,5-6,9-10,15H2,1-2H3,(H,28,35)(H,27,30,33);3,6-7,10-13H,2,4-5,8-9H2,1H3,(H,17,19)/t23-,24-,30+,33+,34+,50?;20-,22+,25+,26+;16-,21-,22+,24+,25+,40?;12-,22?/m0000/s1. The average Bonchev–Trinajstić information content (AvgIpc) is 1.56. The van der Waals surface area contributed by atoms with Gasteiger partial charge in [0.05, 0.1) is 5.92 Å². The Bertz CT molecular complexity index is 6540. The van der Waals surface area contributed by atoms with Crippen molar-refractivity contribution in [2.75, 3.05) is 19.8 Å². The fourth-order valence-corrected chi connectivity index (χ4v) is 21.9. The molecule has 3 saturated heterocycles. The SMILES string of the molecule is C[C@H](NP(=O)(Cl)Oc1ccccc1)C(=O)OC1CCCCC1.C[C@H](NP(=O)(OC[C@@]1(F)O[C@@H](n2ccc(=O)[nH]c2=O)[C@](C)(O)[C@@H]1O)Oc1ccccc1)C(=O)OC1CCCCC1.C[C@H](NP(=O)(OC[C@@]1(F)O[C@@H](n2ccc(=O)[nH]c2=O)[C@](C)(OC(=O)OCc2ccccc2)[C@@H]1C)Oc1ccccc1)C(=O)OC1CCCCC1.C[C@]1(C(=O)OCc2ccccc2)[C@H](n2ccc(=O)[nH]c2=O)O[C@](F)(CO)[C@H]1C(=O)OCc1ccccc1. The van der Waals surface area contributed by atoms with E-state index in [0.29, 0.717) is 52.7 Å². The molecule has 0 spiro atoms. The summed E-state index contributed by atoms with van der Waals surface area (Å²) in [7, 11) is -9.12. The molecule has 49 heteroatoms. The number of halogens is 4. The third-order valence-electron chi connectivity index (χ3n) is 25.5. The van der Waals surface area contributed by atoms with Crippen LogP contribution in [0.5, 0.6) is 17.2 Å². The number of benzene rings is 6. The molecule has 3 aliphatic carbocycles. The van der Waals surface area contributed by atoms with Gasteiger partial charge in [-0.3, -0.25) is 76.1 Å². The smallest absolute Gasteiger partial charge is 0.461 e. The van der Waals surface area contributed by atoms with E-state index in [1.807, 2.05) is 16.0 Å². The third-order valence-corrected chi connectivity index (χ3v) is 30.3. The van der Waals surface area contributed by atoms with Gasteiger partial charge in [0, 0.05) is 48.0 Å². The van der Waals surface area contributed by atoms with Crippen molar-refractivity contribution < 1.29 is 141 Å². The molecule has 3 saturated carbocycles. The van der Waals surface area contributed by atoms with Gasteiger partial charge < -0.3 is 76.3 Å². The molecule has 6 fully saturated rings. The second-order valence-corrected chi connectivity index (χ2v) is 43.0. The molecule has 3 aliphatic heterocycles. The molecule has 0 bridgehead atoms. The van der Waals surface area contributed by atoms with Crippen molar-refractivity contribution in [3.05, 3.63) is 298 Å². The maximum absolute atomic E-state index is 17.1. The lowest BCUT2D eigenvalue weighted by Gasteiger charge is -2.33. The number of nitrogens with one attached hydrogen (secondary N) is 6. The van der Waals surface area contributed by atoms with E-state index in [2.05, 4.69) is 20.2 Å². The molecule has 3 unspecified atom stereocenters. The average molecular weight is 2160 g/mol. The van der Waals surface area contributed by atoms with E-state index >= 15 is 13.2 Å². The number of aromatic nitrogens is 6. The zero-order valence-electron chi connectivity index (χ0n) is 82.3. The first-order valence-electron chi connectivity index (χ1n) is 48.1. The number of nitrogens with zero attached hydrogens (tertiary/aromatic N) is 3. The number of aromatic amines is 3. The zero-order valence-corrected chi connectivity index (χ0v) is 85.8. The Kier molecular flexibility index (Phi) is 39.9. The number of alkyl halides is 3. The van der Waals surface area contributed by atoms with Crippen LogP contribution in [-0.2, 0) is 114 Å². The van der Waals surface area contributed by atoms with Crippen molar-refractivity contribution in [1.29, 1.82) is 0 Å². The third kappa shape index (κ3) is 30.8. The van der Waals surface area contributed by atoms with E-state index in [9.17, 15) is 86.5 Å². The molecule has 42 nitrogen and oxygen atoms in total. The molecule has 0 radical (unpaired) electrons. The Balaban J connectivity index is 0.000000182. The van der Waals surface area contributed by atoms with Crippen LogP contribution < -0.4 is 62.6 Å². The maximum Gasteiger partial charge on any atom is 0.509 e. The first-order chi connectivity index (χ1) is 70.8. The van der Waals surface area contributed by atoms with Crippen molar-refractivity contribution in [1.82, 2.24) is 43.9 Å².